The molecule has 0 atom stereocenters. The lowest BCUT2D eigenvalue weighted by Gasteiger charge is -2.11. The van der Waals surface area contributed by atoms with E-state index in [9.17, 15) is 0 Å². The Bertz CT molecular complexity index is 302. The summed E-state index contributed by atoms with van der Waals surface area (Å²) in [7, 11) is 3.28. The lowest BCUT2D eigenvalue weighted by Crippen LogP contribution is -2.03. The fraction of sp³-hybridized carbons (Fsp3) is 0.333. The van der Waals surface area contributed by atoms with Crippen molar-refractivity contribution in [2.75, 3.05) is 14.2 Å². The van der Waals surface area contributed by atoms with Crippen LogP contribution in [0.4, 0.5) is 0 Å². The van der Waals surface area contributed by atoms with Gasteiger partial charge in [-0.2, -0.15) is 0 Å². The average Bonchev–Trinajstić information content (AvgIpc) is 2.17. The number of halogens is 1. The number of nitrogens with two attached hydrogens (primary N) is 1. The van der Waals surface area contributed by atoms with E-state index in [4.69, 9.17) is 15.2 Å². The summed E-state index contributed by atoms with van der Waals surface area (Å²) in [6.07, 6.45) is 0. The molecule has 72 valence electrons. The first kappa shape index (κ1) is 10.6. The molecule has 2 N–H and O–H groups in total. The molecule has 0 amide bonds. The predicted octanol–water partition coefficient (Wildman–Crippen LogP) is 1.77. The third-order valence-electron chi connectivity index (χ3n) is 1.81. The van der Waals surface area contributed by atoms with Gasteiger partial charge in [0.15, 0.2) is 0 Å². The highest BCUT2D eigenvalue weighted by molar-refractivity contribution is 14.1. The molecule has 0 bridgehead atoms. The van der Waals surface area contributed by atoms with Crippen LogP contribution in [-0.2, 0) is 6.54 Å². The zero-order valence-corrected chi connectivity index (χ0v) is 9.79. The molecule has 0 aliphatic heterocycles. The second kappa shape index (κ2) is 4.66. The molecule has 0 saturated heterocycles. The van der Waals surface area contributed by atoms with Gasteiger partial charge in [-0.05, 0) is 34.7 Å². The van der Waals surface area contributed by atoms with Gasteiger partial charge < -0.3 is 15.2 Å². The van der Waals surface area contributed by atoms with Crippen LogP contribution in [0.15, 0.2) is 12.1 Å². The molecule has 0 spiro atoms. The SMILES string of the molecule is COc1ccc(OC)c(CN)c1I. The van der Waals surface area contributed by atoms with Crippen molar-refractivity contribution in [3.63, 3.8) is 0 Å². The predicted molar refractivity (Wildman–Crippen MR) is 60.2 cm³/mol. The second-order valence-electron chi connectivity index (χ2n) is 2.47. The van der Waals surface area contributed by atoms with Gasteiger partial charge in [0, 0.05) is 12.1 Å². The standard InChI is InChI=1S/C9H12INO2/c1-12-7-3-4-8(13-2)9(10)6(7)5-11/h3-4H,5,11H2,1-2H3. The number of methoxy groups -OCH3 is 2. The summed E-state index contributed by atoms with van der Waals surface area (Å²) >= 11 is 2.20. The van der Waals surface area contributed by atoms with Crippen molar-refractivity contribution in [1.82, 2.24) is 0 Å². The minimum atomic E-state index is 0.457. The van der Waals surface area contributed by atoms with Crippen LogP contribution in [0.3, 0.4) is 0 Å². The lowest BCUT2D eigenvalue weighted by atomic mass is 10.2. The molecule has 0 aromatic heterocycles. The maximum absolute atomic E-state index is 5.61. The maximum Gasteiger partial charge on any atom is 0.132 e. The molecule has 0 saturated carbocycles. The van der Waals surface area contributed by atoms with Gasteiger partial charge >= 0.3 is 0 Å². The van der Waals surface area contributed by atoms with Crippen LogP contribution < -0.4 is 15.2 Å². The molecule has 0 aliphatic carbocycles. The zero-order chi connectivity index (χ0) is 9.84. The number of ether oxygens (including phenoxy) is 2. The largest absolute Gasteiger partial charge is 0.496 e. The molecule has 0 aliphatic rings. The molecule has 0 heterocycles. The minimum absolute atomic E-state index is 0.457. The van der Waals surface area contributed by atoms with E-state index in [1.165, 1.54) is 0 Å². The van der Waals surface area contributed by atoms with Gasteiger partial charge in [-0.25, -0.2) is 0 Å². The van der Waals surface area contributed by atoms with Crippen molar-refractivity contribution >= 4 is 22.6 Å². The first-order valence-electron chi connectivity index (χ1n) is 3.84. The topological polar surface area (TPSA) is 44.5 Å². The summed E-state index contributed by atoms with van der Waals surface area (Å²) in [4.78, 5) is 0. The summed E-state index contributed by atoms with van der Waals surface area (Å²) < 4.78 is 11.4. The van der Waals surface area contributed by atoms with Crippen LogP contribution in [0.25, 0.3) is 0 Å². The molecule has 1 aromatic rings. The second-order valence-corrected chi connectivity index (χ2v) is 3.55. The van der Waals surface area contributed by atoms with E-state index < -0.39 is 0 Å². The summed E-state index contributed by atoms with van der Waals surface area (Å²) in [6, 6.07) is 3.74. The Morgan fingerprint density at radius 3 is 2.23 bits per heavy atom. The summed E-state index contributed by atoms with van der Waals surface area (Å²) in [5.74, 6) is 1.65. The Morgan fingerprint density at radius 1 is 1.23 bits per heavy atom. The van der Waals surface area contributed by atoms with E-state index in [1.54, 1.807) is 14.2 Å². The van der Waals surface area contributed by atoms with Crippen molar-refractivity contribution in [3.05, 3.63) is 21.3 Å². The highest BCUT2D eigenvalue weighted by Gasteiger charge is 2.10. The summed E-state index contributed by atoms with van der Waals surface area (Å²) in [6.45, 7) is 0.457. The third kappa shape index (κ3) is 2.05. The van der Waals surface area contributed by atoms with Crippen LogP contribution in [0.5, 0.6) is 11.5 Å². The highest BCUT2D eigenvalue weighted by Crippen LogP contribution is 2.30. The molecule has 13 heavy (non-hydrogen) atoms. The maximum atomic E-state index is 5.61. The Hall–Kier alpha value is -0.490. The van der Waals surface area contributed by atoms with Crippen LogP contribution >= 0.6 is 22.6 Å². The first-order valence-corrected chi connectivity index (χ1v) is 4.91. The minimum Gasteiger partial charge on any atom is -0.496 e. The lowest BCUT2D eigenvalue weighted by molar-refractivity contribution is 0.396. The average molecular weight is 293 g/mol. The van der Waals surface area contributed by atoms with E-state index in [0.717, 1.165) is 20.6 Å². The normalized spacial score (nSPS) is 9.85. The zero-order valence-electron chi connectivity index (χ0n) is 7.63. The molecule has 1 aromatic carbocycles. The van der Waals surface area contributed by atoms with Crippen molar-refractivity contribution < 1.29 is 9.47 Å². The fourth-order valence-corrected chi connectivity index (χ4v) is 2.01. The molecule has 0 unspecified atom stereocenters. The smallest absolute Gasteiger partial charge is 0.132 e. The van der Waals surface area contributed by atoms with Crippen molar-refractivity contribution in [3.8, 4) is 11.5 Å². The monoisotopic (exact) mass is 293 g/mol. The van der Waals surface area contributed by atoms with Gasteiger partial charge in [-0.3, -0.25) is 0 Å². The van der Waals surface area contributed by atoms with Crippen LogP contribution in [0.2, 0.25) is 0 Å². The van der Waals surface area contributed by atoms with E-state index in [2.05, 4.69) is 22.6 Å². The van der Waals surface area contributed by atoms with Gasteiger partial charge in [-0.15, -0.1) is 0 Å². The highest BCUT2D eigenvalue weighted by atomic mass is 127. The van der Waals surface area contributed by atoms with Crippen LogP contribution in [0, 0.1) is 3.57 Å². The molecule has 4 heteroatoms. The van der Waals surface area contributed by atoms with Gasteiger partial charge in [0.05, 0.1) is 17.8 Å². The van der Waals surface area contributed by atoms with E-state index >= 15 is 0 Å². The Labute approximate surface area is 91.4 Å². The molecular formula is C9H12INO2. The van der Waals surface area contributed by atoms with Gasteiger partial charge in [0.2, 0.25) is 0 Å². The van der Waals surface area contributed by atoms with Gasteiger partial charge in [0.1, 0.15) is 11.5 Å². The summed E-state index contributed by atoms with van der Waals surface area (Å²) in [5, 5.41) is 0. The Morgan fingerprint density at radius 2 is 1.77 bits per heavy atom. The van der Waals surface area contributed by atoms with Crippen molar-refractivity contribution in [2.24, 2.45) is 5.73 Å². The van der Waals surface area contributed by atoms with E-state index in [-0.39, 0.29) is 0 Å². The van der Waals surface area contributed by atoms with Crippen molar-refractivity contribution in [1.29, 1.82) is 0 Å². The Kier molecular flexibility index (Phi) is 3.80. The number of benzene rings is 1. The summed E-state index contributed by atoms with van der Waals surface area (Å²) in [5.41, 5.74) is 6.60. The molecular weight excluding hydrogens is 281 g/mol. The quantitative estimate of drug-likeness (QED) is 0.864. The fourth-order valence-electron chi connectivity index (χ4n) is 1.12. The van der Waals surface area contributed by atoms with E-state index in [0.29, 0.717) is 6.54 Å². The van der Waals surface area contributed by atoms with Gasteiger partial charge in [0.25, 0.3) is 0 Å². The number of hydrogen-bond donors (Lipinski definition) is 1. The van der Waals surface area contributed by atoms with Gasteiger partial charge in [-0.1, -0.05) is 0 Å². The number of rotatable bonds is 3. The van der Waals surface area contributed by atoms with Crippen molar-refractivity contribution in [2.45, 2.75) is 6.54 Å². The molecule has 1 rings (SSSR count). The van der Waals surface area contributed by atoms with Crippen LogP contribution in [-0.4, -0.2) is 14.2 Å². The van der Waals surface area contributed by atoms with E-state index in [1.807, 2.05) is 12.1 Å². The Balaban J connectivity index is 3.23. The number of hydrogen-bond acceptors (Lipinski definition) is 3. The van der Waals surface area contributed by atoms with Crippen LogP contribution in [0.1, 0.15) is 5.56 Å². The molecule has 3 nitrogen and oxygen atoms in total. The first-order chi connectivity index (χ1) is 6.24. The molecule has 0 radical (unpaired) electrons. The molecule has 0 fully saturated rings. The third-order valence-corrected chi connectivity index (χ3v) is 2.99.